The van der Waals surface area contributed by atoms with Gasteiger partial charge in [-0.1, -0.05) is 35.9 Å². The molecule has 0 aliphatic heterocycles. The molecule has 0 spiro atoms. The lowest BCUT2D eigenvalue weighted by atomic mass is 10.0. The summed E-state index contributed by atoms with van der Waals surface area (Å²) in [6.45, 7) is 5.79. The second-order valence-electron chi connectivity index (χ2n) is 6.93. The molecule has 1 atom stereocenters. The van der Waals surface area contributed by atoms with E-state index in [0.29, 0.717) is 17.1 Å². The van der Waals surface area contributed by atoms with Crippen molar-refractivity contribution in [1.82, 2.24) is 10.2 Å². The summed E-state index contributed by atoms with van der Waals surface area (Å²) < 4.78 is 0. The molecule has 0 radical (unpaired) electrons. The summed E-state index contributed by atoms with van der Waals surface area (Å²) in [4.78, 5) is 26.5. The van der Waals surface area contributed by atoms with Gasteiger partial charge in [0.15, 0.2) is 0 Å². The number of halogens is 1. The van der Waals surface area contributed by atoms with Crippen LogP contribution < -0.4 is 5.32 Å². The maximum atomic E-state index is 13.0. The first-order chi connectivity index (χ1) is 13.3. The molecule has 2 aromatic rings. The second-order valence-corrected chi connectivity index (χ2v) is 7.37. The first kappa shape index (κ1) is 21.5. The summed E-state index contributed by atoms with van der Waals surface area (Å²) in [5, 5.41) is 12.4. The van der Waals surface area contributed by atoms with E-state index in [-0.39, 0.29) is 24.3 Å². The SMILES string of the molecule is CC(=O)NC(CC(=O)N(Cc1ccc(C#N)cc1)C(C)C)c1ccc(Cl)cc1. The number of rotatable bonds is 7. The van der Waals surface area contributed by atoms with Crippen LogP contribution in [0.1, 0.15) is 49.9 Å². The number of carbonyl (C=O) groups is 2. The Morgan fingerprint density at radius 2 is 1.71 bits per heavy atom. The molecule has 5 nitrogen and oxygen atoms in total. The minimum Gasteiger partial charge on any atom is -0.349 e. The van der Waals surface area contributed by atoms with Crippen molar-refractivity contribution >= 4 is 23.4 Å². The fourth-order valence-corrected chi connectivity index (χ4v) is 3.05. The van der Waals surface area contributed by atoms with E-state index in [1.807, 2.05) is 38.1 Å². The lowest BCUT2D eigenvalue weighted by Gasteiger charge is -2.29. The van der Waals surface area contributed by atoms with E-state index in [1.165, 1.54) is 6.92 Å². The minimum absolute atomic E-state index is 0.00802. The van der Waals surface area contributed by atoms with Gasteiger partial charge in [-0.3, -0.25) is 9.59 Å². The van der Waals surface area contributed by atoms with Gasteiger partial charge in [-0.05, 0) is 49.2 Å². The van der Waals surface area contributed by atoms with E-state index in [9.17, 15) is 9.59 Å². The average Bonchev–Trinajstić information content (AvgIpc) is 2.66. The van der Waals surface area contributed by atoms with Crippen LogP contribution in [0.3, 0.4) is 0 Å². The summed E-state index contributed by atoms with van der Waals surface area (Å²) >= 11 is 5.95. The van der Waals surface area contributed by atoms with Crippen molar-refractivity contribution in [2.75, 3.05) is 0 Å². The van der Waals surface area contributed by atoms with Crippen molar-refractivity contribution < 1.29 is 9.59 Å². The molecule has 0 fully saturated rings. The number of amides is 2. The minimum atomic E-state index is -0.426. The summed E-state index contributed by atoms with van der Waals surface area (Å²) in [7, 11) is 0. The molecule has 2 aromatic carbocycles. The van der Waals surface area contributed by atoms with Crippen LogP contribution in [0.5, 0.6) is 0 Å². The molecule has 0 saturated carbocycles. The summed E-state index contributed by atoms with van der Waals surface area (Å²) in [5.41, 5.74) is 2.36. The first-order valence-electron chi connectivity index (χ1n) is 9.11. The summed E-state index contributed by atoms with van der Waals surface area (Å²) in [6.07, 6.45) is 0.148. The highest BCUT2D eigenvalue weighted by atomic mass is 35.5. The smallest absolute Gasteiger partial charge is 0.225 e. The van der Waals surface area contributed by atoms with Crippen LogP contribution in [0.4, 0.5) is 0 Å². The molecule has 1 unspecified atom stereocenters. The second kappa shape index (κ2) is 9.91. The van der Waals surface area contributed by atoms with Crippen molar-refractivity contribution in [1.29, 1.82) is 5.26 Å². The third kappa shape index (κ3) is 6.11. The topological polar surface area (TPSA) is 73.2 Å². The predicted molar refractivity (Wildman–Crippen MR) is 109 cm³/mol. The molecule has 0 heterocycles. The number of carbonyl (C=O) groups excluding carboxylic acids is 2. The van der Waals surface area contributed by atoms with Gasteiger partial charge < -0.3 is 10.2 Å². The maximum Gasteiger partial charge on any atom is 0.225 e. The van der Waals surface area contributed by atoms with E-state index in [0.717, 1.165) is 11.1 Å². The molecule has 28 heavy (non-hydrogen) atoms. The number of nitrogens with zero attached hydrogens (tertiary/aromatic N) is 2. The number of nitriles is 1. The highest BCUT2D eigenvalue weighted by molar-refractivity contribution is 6.30. The molecule has 0 aliphatic carbocycles. The van der Waals surface area contributed by atoms with Crippen molar-refractivity contribution in [3.8, 4) is 6.07 Å². The fraction of sp³-hybridized carbons (Fsp3) is 0.318. The number of nitrogens with one attached hydrogen (secondary N) is 1. The third-order valence-electron chi connectivity index (χ3n) is 4.41. The summed E-state index contributed by atoms with van der Waals surface area (Å²) in [6, 6.07) is 16.0. The van der Waals surface area contributed by atoms with Crippen LogP contribution in [0.2, 0.25) is 5.02 Å². The molecule has 1 N–H and O–H groups in total. The maximum absolute atomic E-state index is 13.0. The summed E-state index contributed by atoms with van der Waals surface area (Å²) in [5.74, 6) is -0.260. The number of hydrogen-bond donors (Lipinski definition) is 1. The van der Waals surface area contributed by atoms with Gasteiger partial charge in [0.05, 0.1) is 24.1 Å². The highest BCUT2D eigenvalue weighted by Crippen LogP contribution is 2.22. The molecule has 6 heteroatoms. The standard InChI is InChI=1S/C22H24ClN3O2/c1-15(2)26(14-18-6-4-17(13-24)5-7-18)22(28)12-21(25-16(3)27)19-8-10-20(23)11-9-19/h4-11,15,21H,12,14H2,1-3H3,(H,25,27). The Labute approximate surface area is 170 Å². The monoisotopic (exact) mass is 397 g/mol. The molecular formula is C22H24ClN3O2. The fourth-order valence-electron chi connectivity index (χ4n) is 2.92. The van der Waals surface area contributed by atoms with Gasteiger partial charge in [-0.2, -0.15) is 5.26 Å². The number of hydrogen-bond acceptors (Lipinski definition) is 3. The van der Waals surface area contributed by atoms with E-state index in [2.05, 4.69) is 11.4 Å². The Kier molecular flexibility index (Phi) is 7.60. The van der Waals surface area contributed by atoms with Gasteiger partial charge in [-0.25, -0.2) is 0 Å². The zero-order valence-electron chi connectivity index (χ0n) is 16.3. The van der Waals surface area contributed by atoms with Crippen LogP contribution in [0.15, 0.2) is 48.5 Å². The molecule has 0 aliphatic rings. The lowest BCUT2D eigenvalue weighted by molar-refractivity contribution is -0.134. The van der Waals surface area contributed by atoms with Crippen LogP contribution in [0, 0.1) is 11.3 Å². The van der Waals surface area contributed by atoms with Crippen LogP contribution in [-0.2, 0) is 16.1 Å². The third-order valence-corrected chi connectivity index (χ3v) is 4.66. The van der Waals surface area contributed by atoms with Crippen molar-refractivity contribution in [3.63, 3.8) is 0 Å². The molecule has 146 valence electrons. The van der Waals surface area contributed by atoms with E-state index in [4.69, 9.17) is 16.9 Å². The molecular weight excluding hydrogens is 374 g/mol. The van der Waals surface area contributed by atoms with Gasteiger partial charge in [0, 0.05) is 24.5 Å². The van der Waals surface area contributed by atoms with E-state index >= 15 is 0 Å². The molecule has 2 rings (SSSR count). The van der Waals surface area contributed by atoms with Gasteiger partial charge >= 0.3 is 0 Å². The quantitative estimate of drug-likeness (QED) is 0.760. The molecule has 0 bridgehead atoms. The first-order valence-corrected chi connectivity index (χ1v) is 9.49. The van der Waals surface area contributed by atoms with Gasteiger partial charge in [0.1, 0.15) is 0 Å². The zero-order chi connectivity index (χ0) is 20.7. The van der Waals surface area contributed by atoms with Crippen LogP contribution >= 0.6 is 11.6 Å². The van der Waals surface area contributed by atoms with Crippen molar-refractivity contribution in [3.05, 3.63) is 70.2 Å². The lowest BCUT2D eigenvalue weighted by Crippen LogP contribution is -2.39. The molecule has 0 aromatic heterocycles. The Hall–Kier alpha value is -2.84. The Morgan fingerprint density at radius 1 is 1.11 bits per heavy atom. The Morgan fingerprint density at radius 3 is 2.21 bits per heavy atom. The van der Waals surface area contributed by atoms with E-state index in [1.54, 1.807) is 29.2 Å². The molecule has 2 amide bonds. The highest BCUT2D eigenvalue weighted by Gasteiger charge is 2.23. The number of benzene rings is 2. The van der Waals surface area contributed by atoms with Gasteiger partial charge in [0.2, 0.25) is 11.8 Å². The Bertz CT molecular complexity index is 855. The normalized spacial score (nSPS) is 11.6. The molecule has 0 saturated heterocycles. The van der Waals surface area contributed by atoms with Crippen LogP contribution in [-0.4, -0.2) is 22.8 Å². The predicted octanol–water partition coefficient (Wildman–Crippen LogP) is 4.22. The van der Waals surface area contributed by atoms with E-state index < -0.39 is 6.04 Å². The van der Waals surface area contributed by atoms with Gasteiger partial charge in [0.25, 0.3) is 0 Å². The van der Waals surface area contributed by atoms with Crippen molar-refractivity contribution in [2.45, 2.75) is 45.8 Å². The Balaban J connectivity index is 2.18. The average molecular weight is 398 g/mol. The largest absolute Gasteiger partial charge is 0.349 e. The van der Waals surface area contributed by atoms with Gasteiger partial charge in [-0.15, -0.1) is 0 Å². The van der Waals surface area contributed by atoms with Crippen LogP contribution in [0.25, 0.3) is 0 Å². The van der Waals surface area contributed by atoms with Crippen molar-refractivity contribution in [2.24, 2.45) is 0 Å². The zero-order valence-corrected chi connectivity index (χ0v) is 17.0.